The van der Waals surface area contributed by atoms with Crippen molar-refractivity contribution < 1.29 is 9.53 Å². The Kier molecular flexibility index (Phi) is 8.45. The molecule has 0 N–H and O–H groups in total. The van der Waals surface area contributed by atoms with Crippen LogP contribution >= 0.6 is 0 Å². The summed E-state index contributed by atoms with van der Waals surface area (Å²) in [5, 5.41) is 1.99. The maximum absolute atomic E-state index is 12.7. The van der Waals surface area contributed by atoms with E-state index in [-0.39, 0.29) is 11.5 Å². The van der Waals surface area contributed by atoms with E-state index in [9.17, 15) is 9.59 Å². The van der Waals surface area contributed by atoms with E-state index in [1.54, 1.807) is 16.5 Å². The van der Waals surface area contributed by atoms with Crippen LogP contribution in [0.15, 0.2) is 77.9 Å². The molecule has 2 aromatic carbocycles. The summed E-state index contributed by atoms with van der Waals surface area (Å²) in [7, 11) is 5.54. The van der Waals surface area contributed by atoms with Crippen LogP contribution in [0.3, 0.4) is 0 Å². The van der Waals surface area contributed by atoms with Crippen molar-refractivity contribution in [2.75, 3.05) is 33.3 Å². The first kappa shape index (κ1) is 29.1. The van der Waals surface area contributed by atoms with E-state index in [1.165, 1.54) is 0 Å². The van der Waals surface area contributed by atoms with Crippen molar-refractivity contribution in [3.05, 3.63) is 83.4 Å². The summed E-state index contributed by atoms with van der Waals surface area (Å²) in [5.74, 6) is 0.953. The minimum Gasteiger partial charge on any atom is -0.492 e. The van der Waals surface area contributed by atoms with Crippen LogP contribution in [0.4, 0.5) is 0 Å². The van der Waals surface area contributed by atoms with E-state index in [0.29, 0.717) is 31.3 Å². The number of aromatic nitrogens is 3. The standard InChI is InChI=1S/C32H33N5O3.C2H6/c1-21-18-35(3)30(38)20-37(21)15-16-40-25-9-5-22(6-10-25)28-12-8-24-17-23(7-11-29(24)33-28)27-19-36(4)32(39)31-26(27)13-14-34(31)2;1-2/h5-14,17,19,21H,15-16,18,20H2,1-4H3;1-2H3. The zero-order chi connectivity index (χ0) is 30.0. The highest BCUT2D eigenvalue weighted by atomic mass is 16.5. The third-order valence-corrected chi connectivity index (χ3v) is 7.93. The van der Waals surface area contributed by atoms with Gasteiger partial charge in [-0.2, -0.15) is 0 Å². The molecule has 6 rings (SSSR count). The highest BCUT2D eigenvalue weighted by Gasteiger charge is 2.26. The van der Waals surface area contributed by atoms with Crippen LogP contribution in [-0.4, -0.2) is 69.2 Å². The lowest BCUT2D eigenvalue weighted by molar-refractivity contribution is -0.136. The molecule has 1 fully saturated rings. The molecule has 1 saturated heterocycles. The number of nitrogens with zero attached hydrogens (tertiary/aromatic N) is 5. The minimum atomic E-state index is -0.00381. The fourth-order valence-electron chi connectivity index (χ4n) is 5.55. The van der Waals surface area contributed by atoms with E-state index in [4.69, 9.17) is 9.72 Å². The molecule has 4 heterocycles. The number of aryl methyl sites for hydroxylation is 2. The Morgan fingerprint density at radius 3 is 2.40 bits per heavy atom. The number of piperazine rings is 1. The lowest BCUT2D eigenvalue weighted by Crippen LogP contribution is -2.54. The third-order valence-electron chi connectivity index (χ3n) is 7.93. The van der Waals surface area contributed by atoms with Crippen LogP contribution in [0.1, 0.15) is 20.8 Å². The second-order valence-corrected chi connectivity index (χ2v) is 10.7. The molecule has 42 heavy (non-hydrogen) atoms. The van der Waals surface area contributed by atoms with E-state index in [1.807, 2.05) is 87.4 Å². The maximum atomic E-state index is 12.7. The topological polar surface area (TPSA) is 72.6 Å². The van der Waals surface area contributed by atoms with Crippen molar-refractivity contribution in [3.63, 3.8) is 0 Å². The molecular weight excluding hydrogens is 526 g/mol. The number of pyridine rings is 2. The lowest BCUT2D eigenvalue weighted by atomic mass is 10.0. The Morgan fingerprint density at radius 2 is 1.64 bits per heavy atom. The van der Waals surface area contributed by atoms with Gasteiger partial charge in [-0.3, -0.25) is 14.5 Å². The molecule has 1 amide bonds. The normalized spacial score (nSPS) is 15.6. The Bertz CT molecular complexity index is 1790. The quantitative estimate of drug-likeness (QED) is 0.278. The van der Waals surface area contributed by atoms with Gasteiger partial charge < -0.3 is 18.8 Å². The van der Waals surface area contributed by atoms with Crippen molar-refractivity contribution in [2.45, 2.75) is 26.8 Å². The predicted octanol–water partition coefficient (Wildman–Crippen LogP) is 5.33. The summed E-state index contributed by atoms with van der Waals surface area (Å²) in [4.78, 5) is 33.5. The van der Waals surface area contributed by atoms with Gasteiger partial charge in [0, 0.05) is 74.6 Å². The molecular formula is C34H39N5O3. The van der Waals surface area contributed by atoms with Crippen molar-refractivity contribution >= 4 is 27.7 Å². The van der Waals surface area contributed by atoms with Gasteiger partial charge >= 0.3 is 0 Å². The number of likely N-dealkylation sites (N-methyl/N-ethyl adjacent to an activating group) is 1. The van der Waals surface area contributed by atoms with Crippen LogP contribution in [-0.2, 0) is 18.9 Å². The van der Waals surface area contributed by atoms with Gasteiger partial charge in [0.15, 0.2) is 0 Å². The SMILES string of the molecule is CC.CC1CN(C)C(=O)CN1CCOc1ccc(-c2ccc3cc(-c4cn(C)c(=O)c5c4ccn5C)ccc3n2)cc1. The van der Waals surface area contributed by atoms with Crippen LogP contribution < -0.4 is 10.3 Å². The van der Waals surface area contributed by atoms with E-state index >= 15 is 0 Å². The van der Waals surface area contributed by atoms with E-state index in [2.05, 4.69) is 30.0 Å². The first-order valence-electron chi connectivity index (χ1n) is 14.6. The summed E-state index contributed by atoms with van der Waals surface area (Å²) in [6.07, 6.45) is 3.83. The second-order valence-electron chi connectivity index (χ2n) is 10.7. The summed E-state index contributed by atoms with van der Waals surface area (Å²) in [5.41, 5.74) is 5.58. The predicted molar refractivity (Wildman–Crippen MR) is 170 cm³/mol. The molecule has 0 bridgehead atoms. The van der Waals surface area contributed by atoms with Gasteiger partial charge in [-0.25, -0.2) is 4.98 Å². The van der Waals surface area contributed by atoms with Crippen LogP contribution in [0, 0.1) is 0 Å². The zero-order valence-corrected chi connectivity index (χ0v) is 25.3. The van der Waals surface area contributed by atoms with E-state index in [0.717, 1.165) is 51.0 Å². The van der Waals surface area contributed by atoms with Crippen LogP contribution in [0.5, 0.6) is 5.75 Å². The van der Waals surface area contributed by atoms with Crippen LogP contribution in [0.25, 0.3) is 44.2 Å². The smallest absolute Gasteiger partial charge is 0.274 e. The minimum absolute atomic E-state index is 0.00381. The number of benzene rings is 2. The number of carbonyl (C=O) groups excluding carboxylic acids is 1. The fourth-order valence-corrected chi connectivity index (χ4v) is 5.55. The number of hydrogen-bond donors (Lipinski definition) is 0. The molecule has 0 spiro atoms. The molecule has 8 nitrogen and oxygen atoms in total. The molecule has 0 saturated carbocycles. The van der Waals surface area contributed by atoms with E-state index < -0.39 is 0 Å². The number of fused-ring (bicyclic) bond motifs is 2. The monoisotopic (exact) mass is 565 g/mol. The van der Waals surface area contributed by atoms with Gasteiger partial charge in [0.1, 0.15) is 17.9 Å². The highest BCUT2D eigenvalue weighted by molar-refractivity contribution is 5.97. The molecule has 1 aliphatic rings. The highest BCUT2D eigenvalue weighted by Crippen LogP contribution is 2.31. The molecule has 0 radical (unpaired) electrons. The molecule has 5 aromatic rings. The maximum Gasteiger partial charge on any atom is 0.274 e. The Balaban J connectivity index is 0.00000173. The average Bonchev–Trinajstić information content (AvgIpc) is 3.40. The van der Waals surface area contributed by atoms with Gasteiger partial charge in [-0.15, -0.1) is 0 Å². The molecule has 3 aromatic heterocycles. The zero-order valence-electron chi connectivity index (χ0n) is 25.3. The van der Waals surface area contributed by atoms with Crippen molar-refractivity contribution in [1.29, 1.82) is 0 Å². The van der Waals surface area contributed by atoms with Crippen LogP contribution in [0.2, 0.25) is 0 Å². The van der Waals surface area contributed by atoms with Crippen molar-refractivity contribution in [2.24, 2.45) is 14.1 Å². The number of rotatable bonds is 6. The first-order valence-corrected chi connectivity index (χ1v) is 14.6. The molecule has 0 aliphatic carbocycles. The summed E-state index contributed by atoms with van der Waals surface area (Å²) < 4.78 is 9.49. The fraction of sp³-hybridized carbons (Fsp3) is 0.324. The van der Waals surface area contributed by atoms with Gasteiger partial charge in [-0.05, 0) is 61.0 Å². The van der Waals surface area contributed by atoms with Gasteiger partial charge in [0.25, 0.3) is 5.56 Å². The lowest BCUT2D eigenvalue weighted by Gasteiger charge is -2.37. The number of amides is 1. The average molecular weight is 566 g/mol. The first-order chi connectivity index (χ1) is 20.3. The second kappa shape index (κ2) is 12.2. The Labute approximate surface area is 246 Å². The Hall–Kier alpha value is -4.43. The van der Waals surface area contributed by atoms with Gasteiger partial charge in [0.2, 0.25) is 5.91 Å². The summed E-state index contributed by atoms with van der Waals surface area (Å²) in [6, 6.07) is 20.7. The molecule has 1 unspecified atom stereocenters. The summed E-state index contributed by atoms with van der Waals surface area (Å²) >= 11 is 0. The molecule has 8 heteroatoms. The molecule has 218 valence electrons. The Morgan fingerprint density at radius 1 is 0.905 bits per heavy atom. The largest absolute Gasteiger partial charge is 0.492 e. The number of ether oxygens (including phenoxy) is 1. The van der Waals surface area contributed by atoms with Crippen molar-refractivity contribution in [3.8, 4) is 28.1 Å². The van der Waals surface area contributed by atoms with Crippen molar-refractivity contribution in [1.82, 2.24) is 23.9 Å². The molecule has 1 aliphatic heterocycles. The number of carbonyl (C=O) groups is 1. The third kappa shape index (κ3) is 5.67. The van der Waals surface area contributed by atoms with Gasteiger partial charge in [0.05, 0.1) is 17.8 Å². The number of hydrogen-bond acceptors (Lipinski definition) is 5. The van der Waals surface area contributed by atoms with Gasteiger partial charge in [-0.1, -0.05) is 26.0 Å². The summed E-state index contributed by atoms with van der Waals surface area (Å²) in [6.45, 7) is 8.57. The molecule has 1 atom stereocenters.